The summed E-state index contributed by atoms with van der Waals surface area (Å²) in [4.78, 5) is 4.36. The third kappa shape index (κ3) is 3.55. The summed E-state index contributed by atoms with van der Waals surface area (Å²) in [6, 6.07) is 6.07. The van der Waals surface area contributed by atoms with Crippen molar-refractivity contribution in [2.45, 2.75) is 52.1 Å². The number of aliphatic hydroxyl groups excluding tert-OH is 1. The lowest BCUT2D eigenvalue weighted by molar-refractivity contribution is 0.0337. The second-order valence-electron chi connectivity index (χ2n) is 6.00. The molecule has 18 heavy (non-hydrogen) atoms. The Hall–Kier alpha value is -0.890. The Morgan fingerprint density at radius 3 is 2.83 bits per heavy atom. The van der Waals surface area contributed by atoms with Crippen LogP contribution in [0.3, 0.4) is 0 Å². The summed E-state index contributed by atoms with van der Waals surface area (Å²) in [6.45, 7) is 4.61. The fourth-order valence-corrected chi connectivity index (χ4v) is 3.08. The highest BCUT2D eigenvalue weighted by Gasteiger charge is 2.30. The van der Waals surface area contributed by atoms with Crippen molar-refractivity contribution >= 4 is 0 Å². The molecule has 0 aromatic carbocycles. The number of aromatic nitrogens is 1. The van der Waals surface area contributed by atoms with E-state index in [2.05, 4.69) is 24.9 Å². The summed E-state index contributed by atoms with van der Waals surface area (Å²) in [5, 5.41) is 10.1. The molecule has 2 rings (SSSR count). The van der Waals surface area contributed by atoms with Crippen LogP contribution in [0.1, 0.15) is 45.2 Å². The fourth-order valence-electron chi connectivity index (χ4n) is 3.08. The Kier molecular flexibility index (Phi) is 4.76. The van der Waals surface area contributed by atoms with E-state index in [1.54, 1.807) is 0 Å². The first kappa shape index (κ1) is 13.5. The van der Waals surface area contributed by atoms with Gasteiger partial charge in [-0.15, -0.1) is 0 Å². The van der Waals surface area contributed by atoms with Crippen molar-refractivity contribution < 1.29 is 5.11 Å². The molecule has 1 fully saturated rings. The smallest absolute Gasteiger partial charge is 0.0568 e. The molecule has 2 heteroatoms. The zero-order valence-corrected chi connectivity index (χ0v) is 11.5. The average Bonchev–Trinajstić information content (AvgIpc) is 2.38. The van der Waals surface area contributed by atoms with Crippen LogP contribution >= 0.6 is 0 Å². The van der Waals surface area contributed by atoms with Gasteiger partial charge in [-0.25, -0.2) is 0 Å². The first-order chi connectivity index (χ1) is 8.66. The molecule has 1 aromatic rings. The number of hydrogen-bond acceptors (Lipinski definition) is 2. The van der Waals surface area contributed by atoms with E-state index in [9.17, 15) is 5.11 Å². The Bertz CT molecular complexity index is 349. The van der Waals surface area contributed by atoms with E-state index in [4.69, 9.17) is 0 Å². The third-order valence-electron chi connectivity index (χ3n) is 4.42. The van der Waals surface area contributed by atoms with Gasteiger partial charge in [-0.2, -0.15) is 0 Å². The van der Waals surface area contributed by atoms with E-state index in [1.807, 2.05) is 18.3 Å². The topological polar surface area (TPSA) is 33.1 Å². The number of rotatable bonds is 4. The summed E-state index contributed by atoms with van der Waals surface area (Å²) in [6.07, 6.45) is 7.18. The second-order valence-corrected chi connectivity index (χ2v) is 6.00. The first-order valence-electron chi connectivity index (χ1n) is 7.24. The molecule has 0 saturated heterocycles. The van der Waals surface area contributed by atoms with Crippen molar-refractivity contribution in [3.8, 4) is 0 Å². The number of pyridine rings is 1. The van der Waals surface area contributed by atoms with Crippen LogP contribution in [0.2, 0.25) is 0 Å². The summed E-state index contributed by atoms with van der Waals surface area (Å²) in [5.74, 6) is 2.00. The van der Waals surface area contributed by atoms with E-state index in [0.29, 0.717) is 5.92 Å². The number of aryl methyl sites for hydroxylation is 1. The van der Waals surface area contributed by atoms with Crippen molar-refractivity contribution in [2.75, 3.05) is 0 Å². The molecule has 1 N–H and O–H groups in total. The molecule has 1 aliphatic rings. The number of nitrogens with zero attached hydrogens (tertiary/aromatic N) is 1. The van der Waals surface area contributed by atoms with Gasteiger partial charge in [0.25, 0.3) is 0 Å². The quantitative estimate of drug-likeness (QED) is 0.884. The minimum Gasteiger partial charge on any atom is -0.393 e. The van der Waals surface area contributed by atoms with Crippen molar-refractivity contribution in [3.63, 3.8) is 0 Å². The molecular weight excluding hydrogens is 222 g/mol. The monoisotopic (exact) mass is 247 g/mol. The predicted molar refractivity (Wildman–Crippen MR) is 74.2 cm³/mol. The van der Waals surface area contributed by atoms with Gasteiger partial charge in [0.15, 0.2) is 0 Å². The SMILES string of the molecule is CC(C)C1CCC(O)C(CCc2ccccn2)C1. The van der Waals surface area contributed by atoms with Crippen LogP contribution in [0.5, 0.6) is 0 Å². The molecule has 1 heterocycles. The summed E-state index contributed by atoms with van der Waals surface area (Å²) >= 11 is 0. The largest absolute Gasteiger partial charge is 0.393 e. The molecule has 3 atom stereocenters. The zero-order chi connectivity index (χ0) is 13.0. The molecular formula is C16H25NO. The molecule has 0 amide bonds. The van der Waals surface area contributed by atoms with Crippen LogP contribution in [-0.4, -0.2) is 16.2 Å². The van der Waals surface area contributed by atoms with Crippen LogP contribution in [0.4, 0.5) is 0 Å². The van der Waals surface area contributed by atoms with Gasteiger partial charge in [-0.05, 0) is 62.0 Å². The number of aliphatic hydroxyl groups is 1. The lowest BCUT2D eigenvalue weighted by atomic mass is 9.73. The molecule has 1 aliphatic carbocycles. The van der Waals surface area contributed by atoms with Gasteiger partial charge in [-0.3, -0.25) is 4.98 Å². The fraction of sp³-hybridized carbons (Fsp3) is 0.688. The lowest BCUT2D eigenvalue weighted by Gasteiger charge is -2.35. The third-order valence-corrected chi connectivity index (χ3v) is 4.42. The molecule has 1 aromatic heterocycles. The van der Waals surface area contributed by atoms with E-state index in [-0.39, 0.29) is 6.10 Å². The molecule has 2 nitrogen and oxygen atoms in total. The second kappa shape index (κ2) is 6.33. The van der Waals surface area contributed by atoms with Crippen molar-refractivity contribution in [1.29, 1.82) is 0 Å². The highest BCUT2D eigenvalue weighted by Crippen LogP contribution is 2.35. The van der Waals surface area contributed by atoms with E-state index >= 15 is 0 Å². The highest BCUT2D eigenvalue weighted by atomic mass is 16.3. The Balaban J connectivity index is 1.87. The number of hydrogen-bond donors (Lipinski definition) is 1. The van der Waals surface area contributed by atoms with Gasteiger partial charge < -0.3 is 5.11 Å². The van der Waals surface area contributed by atoms with E-state index < -0.39 is 0 Å². The van der Waals surface area contributed by atoms with Gasteiger partial charge in [-0.1, -0.05) is 19.9 Å². The Morgan fingerprint density at radius 2 is 2.17 bits per heavy atom. The zero-order valence-electron chi connectivity index (χ0n) is 11.5. The van der Waals surface area contributed by atoms with Gasteiger partial charge >= 0.3 is 0 Å². The van der Waals surface area contributed by atoms with E-state index in [0.717, 1.165) is 36.8 Å². The van der Waals surface area contributed by atoms with Gasteiger partial charge in [0.2, 0.25) is 0 Å². The minimum absolute atomic E-state index is 0.0938. The molecule has 0 aliphatic heterocycles. The maximum Gasteiger partial charge on any atom is 0.0568 e. The maximum absolute atomic E-state index is 10.1. The van der Waals surface area contributed by atoms with Crippen molar-refractivity contribution in [1.82, 2.24) is 4.98 Å². The normalized spacial score (nSPS) is 28.6. The maximum atomic E-state index is 10.1. The molecule has 0 spiro atoms. The van der Waals surface area contributed by atoms with Crippen LogP contribution in [0, 0.1) is 17.8 Å². The molecule has 0 bridgehead atoms. The van der Waals surface area contributed by atoms with Crippen molar-refractivity contribution in [3.05, 3.63) is 30.1 Å². The molecule has 0 radical (unpaired) electrons. The average molecular weight is 247 g/mol. The molecule has 3 unspecified atom stereocenters. The summed E-state index contributed by atoms with van der Waals surface area (Å²) in [5.41, 5.74) is 1.15. The van der Waals surface area contributed by atoms with Crippen LogP contribution in [-0.2, 0) is 6.42 Å². The predicted octanol–water partition coefficient (Wildman–Crippen LogP) is 3.45. The molecule has 1 saturated carbocycles. The van der Waals surface area contributed by atoms with Gasteiger partial charge in [0, 0.05) is 11.9 Å². The summed E-state index contributed by atoms with van der Waals surface area (Å²) in [7, 11) is 0. The first-order valence-corrected chi connectivity index (χ1v) is 7.24. The minimum atomic E-state index is -0.0938. The van der Waals surface area contributed by atoms with Crippen LogP contribution < -0.4 is 0 Å². The Labute approximate surface area is 110 Å². The van der Waals surface area contributed by atoms with Crippen LogP contribution in [0.25, 0.3) is 0 Å². The van der Waals surface area contributed by atoms with Gasteiger partial charge in [0.05, 0.1) is 6.10 Å². The summed E-state index contributed by atoms with van der Waals surface area (Å²) < 4.78 is 0. The highest BCUT2D eigenvalue weighted by molar-refractivity contribution is 5.03. The van der Waals surface area contributed by atoms with Crippen LogP contribution in [0.15, 0.2) is 24.4 Å². The lowest BCUT2D eigenvalue weighted by Crippen LogP contribution is -2.31. The van der Waals surface area contributed by atoms with Crippen molar-refractivity contribution in [2.24, 2.45) is 17.8 Å². The Morgan fingerprint density at radius 1 is 1.33 bits per heavy atom. The van der Waals surface area contributed by atoms with Gasteiger partial charge in [0.1, 0.15) is 0 Å². The van der Waals surface area contributed by atoms with E-state index in [1.165, 1.54) is 12.8 Å². The molecule has 100 valence electrons. The standard InChI is InChI=1S/C16H25NO/c1-12(2)13-7-9-16(18)14(11-13)6-8-15-5-3-4-10-17-15/h3-5,10,12-14,16,18H,6-9,11H2,1-2H3.